The number of carbonyl (C=O) groups excluding carboxylic acids is 1. The Morgan fingerprint density at radius 1 is 1.33 bits per heavy atom. The standard InChI is InChI=1S/C12H16N2O4/c1-3-12(10(15)16,11(17)18-4-2)8-9-13-6-5-7-14-9/h5-7H,3-4,8H2,1-2H3,(H,15,16). The minimum Gasteiger partial charge on any atom is -0.480 e. The van der Waals surface area contributed by atoms with Crippen molar-refractivity contribution < 1.29 is 19.4 Å². The number of carbonyl (C=O) groups is 2. The van der Waals surface area contributed by atoms with E-state index in [1.54, 1.807) is 19.9 Å². The predicted molar refractivity (Wildman–Crippen MR) is 62.7 cm³/mol. The molecular formula is C12H16N2O4. The molecule has 6 heteroatoms. The third-order valence-electron chi connectivity index (χ3n) is 2.76. The van der Waals surface area contributed by atoms with Crippen LogP contribution in [0.1, 0.15) is 26.1 Å². The van der Waals surface area contributed by atoms with Gasteiger partial charge in [-0.15, -0.1) is 0 Å². The second kappa shape index (κ2) is 6.09. The number of aromatic nitrogens is 2. The second-order valence-electron chi connectivity index (χ2n) is 3.80. The van der Waals surface area contributed by atoms with Crippen molar-refractivity contribution in [3.63, 3.8) is 0 Å². The Kier molecular flexibility index (Phi) is 4.76. The molecular weight excluding hydrogens is 236 g/mol. The van der Waals surface area contributed by atoms with Gasteiger partial charge in [0.25, 0.3) is 0 Å². The van der Waals surface area contributed by atoms with Crippen LogP contribution >= 0.6 is 0 Å². The van der Waals surface area contributed by atoms with Gasteiger partial charge in [0.1, 0.15) is 5.82 Å². The number of ether oxygens (including phenoxy) is 1. The smallest absolute Gasteiger partial charge is 0.323 e. The van der Waals surface area contributed by atoms with Crippen LogP contribution in [0.5, 0.6) is 0 Å². The summed E-state index contributed by atoms with van der Waals surface area (Å²) in [6.45, 7) is 3.41. The number of carboxylic acids is 1. The van der Waals surface area contributed by atoms with Crippen LogP contribution in [0.4, 0.5) is 0 Å². The largest absolute Gasteiger partial charge is 0.480 e. The molecule has 1 N–H and O–H groups in total. The van der Waals surface area contributed by atoms with Gasteiger partial charge in [0.05, 0.1) is 6.61 Å². The SMILES string of the molecule is CCOC(=O)C(CC)(Cc1ncccn1)C(=O)O. The second-order valence-corrected chi connectivity index (χ2v) is 3.80. The van der Waals surface area contributed by atoms with E-state index in [4.69, 9.17) is 4.74 Å². The molecule has 6 nitrogen and oxygen atoms in total. The molecule has 1 aromatic rings. The number of rotatable bonds is 6. The number of aliphatic carboxylic acids is 1. The van der Waals surface area contributed by atoms with Crippen LogP contribution in [0.15, 0.2) is 18.5 Å². The Morgan fingerprint density at radius 2 is 1.94 bits per heavy atom. The van der Waals surface area contributed by atoms with Crippen LogP contribution in [0, 0.1) is 5.41 Å². The molecule has 0 bridgehead atoms. The van der Waals surface area contributed by atoms with Crippen molar-refractivity contribution in [2.45, 2.75) is 26.7 Å². The summed E-state index contributed by atoms with van der Waals surface area (Å²) in [5.41, 5.74) is -1.61. The van der Waals surface area contributed by atoms with Crippen LogP contribution in [0.25, 0.3) is 0 Å². The third-order valence-corrected chi connectivity index (χ3v) is 2.76. The van der Waals surface area contributed by atoms with Gasteiger partial charge in [-0.1, -0.05) is 6.92 Å². The molecule has 1 rings (SSSR count). The Hall–Kier alpha value is -1.98. The van der Waals surface area contributed by atoms with E-state index in [0.29, 0.717) is 5.82 Å². The van der Waals surface area contributed by atoms with E-state index in [1.165, 1.54) is 12.4 Å². The molecule has 18 heavy (non-hydrogen) atoms. The molecule has 0 saturated heterocycles. The van der Waals surface area contributed by atoms with Gasteiger partial charge in [-0.25, -0.2) is 9.97 Å². The highest BCUT2D eigenvalue weighted by molar-refractivity contribution is 5.99. The molecule has 0 saturated carbocycles. The van der Waals surface area contributed by atoms with Crippen LogP contribution < -0.4 is 0 Å². The average Bonchev–Trinajstić information content (AvgIpc) is 2.37. The summed E-state index contributed by atoms with van der Waals surface area (Å²) < 4.78 is 4.86. The lowest BCUT2D eigenvalue weighted by atomic mass is 9.81. The van der Waals surface area contributed by atoms with Gasteiger partial charge >= 0.3 is 11.9 Å². The normalized spacial score (nSPS) is 13.7. The monoisotopic (exact) mass is 252 g/mol. The van der Waals surface area contributed by atoms with E-state index in [2.05, 4.69) is 9.97 Å². The first kappa shape index (κ1) is 14.1. The first-order valence-corrected chi connectivity index (χ1v) is 5.73. The Morgan fingerprint density at radius 3 is 2.39 bits per heavy atom. The summed E-state index contributed by atoms with van der Waals surface area (Å²) in [7, 11) is 0. The van der Waals surface area contributed by atoms with Gasteiger partial charge in [-0.05, 0) is 19.4 Å². The maximum Gasteiger partial charge on any atom is 0.323 e. The Bertz CT molecular complexity index is 421. The van der Waals surface area contributed by atoms with Crippen LogP contribution in [-0.4, -0.2) is 33.6 Å². The lowest BCUT2D eigenvalue weighted by Crippen LogP contribution is -2.42. The minimum atomic E-state index is -1.61. The number of hydrogen-bond acceptors (Lipinski definition) is 5. The molecule has 0 radical (unpaired) electrons. The molecule has 1 heterocycles. The fourth-order valence-corrected chi connectivity index (χ4v) is 1.62. The van der Waals surface area contributed by atoms with Crippen molar-refractivity contribution in [2.24, 2.45) is 5.41 Å². The number of carboxylic acid groups (broad SMARTS) is 1. The van der Waals surface area contributed by atoms with Gasteiger partial charge in [0.2, 0.25) is 0 Å². The fourth-order valence-electron chi connectivity index (χ4n) is 1.62. The van der Waals surface area contributed by atoms with E-state index in [0.717, 1.165) is 0 Å². The first-order chi connectivity index (χ1) is 8.56. The van der Waals surface area contributed by atoms with Crippen molar-refractivity contribution >= 4 is 11.9 Å². The summed E-state index contributed by atoms with van der Waals surface area (Å²) in [4.78, 5) is 31.2. The molecule has 0 fully saturated rings. The quantitative estimate of drug-likeness (QED) is 0.601. The maximum atomic E-state index is 11.9. The van der Waals surface area contributed by atoms with E-state index in [1.807, 2.05) is 0 Å². The highest BCUT2D eigenvalue weighted by atomic mass is 16.5. The van der Waals surface area contributed by atoms with Crippen molar-refractivity contribution in [1.29, 1.82) is 0 Å². The summed E-state index contributed by atoms with van der Waals surface area (Å²) in [5.74, 6) is -1.64. The molecule has 0 aliphatic heterocycles. The predicted octanol–water partition coefficient (Wildman–Crippen LogP) is 1.06. The Balaban J connectivity index is 3.05. The third kappa shape index (κ3) is 2.82. The number of esters is 1. The summed E-state index contributed by atoms with van der Waals surface area (Å²) in [6, 6.07) is 1.63. The van der Waals surface area contributed by atoms with Crippen molar-refractivity contribution in [3.8, 4) is 0 Å². The molecule has 1 unspecified atom stereocenters. The summed E-state index contributed by atoms with van der Waals surface area (Å²) >= 11 is 0. The van der Waals surface area contributed by atoms with Crippen LogP contribution in [0.3, 0.4) is 0 Å². The van der Waals surface area contributed by atoms with Gasteiger partial charge in [-0.3, -0.25) is 9.59 Å². The maximum absolute atomic E-state index is 11.9. The fraction of sp³-hybridized carbons (Fsp3) is 0.500. The van der Waals surface area contributed by atoms with E-state index < -0.39 is 17.4 Å². The molecule has 0 aliphatic carbocycles. The molecule has 1 aromatic heterocycles. The van der Waals surface area contributed by atoms with E-state index in [-0.39, 0.29) is 19.4 Å². The topological polar surface area (TPSA) is 89.4 Å². The van der Waals surface area contributed by atoms with Gasteiger partial charge < -0.3 is 9.84 Å². The zero-order valence-electron chi connectivity index (χ0n) is 10.4. The zero-order chi connectivity index (χ0) is 13.6. The highest BCUT2D eigenvalue weighted by Crippen LogP contribution is 2.28. The molecule has 98 valence electrons. The molecule has 0 amide bonds. The van der Waals surface area contributed by atoms with Gasteiger partial charge in [0, 0.05) is 18.8 Å². The number of hydrogen-bond donors (Lipinski definition) is 1. The lowest BCUT2D eigenvalue weighted by molar-refractivity contribution is -0.169. The molecule has 0 aliphatic rings. The van der Waals surface area contributed by atoms with Gasteiger partial charge in [0.15, 0.2) is 5.41 Å². The van der Waals surface area contributed by atoms with Crippen LogP contribution in [-0.2, 0) is 20.7 Å². The van der Waals surface area contributed by atoms with Crippen LogP contribution in [0.2, 0.25) is 0 Å². The lowest BCUT2D eigenvalue weighted by Gasteiger charge is -2.24. The Labute approximate surface area is 105 Å². The summed E-state index contributed by atoms with van der Waals surface area (Å²) in [5, 5.41) is 9.33. The average molecular weight is 252 g/mol. The van der Waals surface area contributed by atoms with Gasteiger partial charge in [-0.2, -0.15) is 0 Å². The minimum absolute atomic E-state index is 0.0709. The van der Waals surface area contributed by atoms with Crippen molar-refractivity contribution in [1.82, 2.24) is 9.97 Å². The zero-order valence-corrected chi connectivity index (χ0v) is 10.4. The van der Waals surface area contributed by atoms with E-state index in [9.17, 15) is 14.7 Å². The number of nitrogens with zero attached hydrogens (tertiary/aromatic N) is 2. The van der Waals surface area contributed by atoms with E-state index >= 15 is 0 Å². The highest BCUT2D eigenvalue weighted by Gasteiger charge is 2.47. The summed E-state index contributed by atoms with van der Waals surface area (Å²) in [6.07, 6.45) is 3.07. The van der Waals surface area contributed by atoms with Crippen molar-refractivity contribution in [3.05, 3.63) is 24.3 Å². The molecule has 0 aromatic carbocycles. The molecule has 0 spiro atoms. The first-order valence-electron chi connectivity index (χ1n) is 5.73. The van der Waals surface area contributed by atoms with Crippen molar-refractivity contribution in [2.75, 3.05) is 6.61 Å². The molecule has 1 atom stereocenters.